The minimum absolute atomic E-state index is 0.379. The normalized spacial score (nSPS) is 12.6. The minimum Gasteiger partial charge on any atom is -0.625 e. The molecular weight excluding hydrogens is 126 g/mol. The van der Waals surface area contributed by atoms with Crippen LogP contribution in [-0.4, -0.2) is 5.71 Å². The summed E-state index contributed by atoms with van der Waals surface area (Å²) in [7, 11) is 0. The molecule has 0 aliphatic carbocycles. The lowest BCUT2D eigenvalue weighted by Crippen LogP contribution is -2.66. The summed E-state index contributed by atoms with van der Waals surface area (Å²) in [5, 5.41) is 12.3. The number of hydrogen-bond acceptors (Lipinski definition) is 1. The Morgan fingerprint density at radius 3 is 2.40 bits per heavy atom. The highest BCUT2D eigenvalue weighted by Crippen LogP contribution is 2.01. The van der Waals surface area contributed by atoms with E-state index in [2.05, 4.69) is 6.92 Å². The smallest absolute Gasteiger partial charge is 0.164 e. The summed E-state index contributed by atoms with van der Waals surface area (Å²) >= 11 is 0. The predicted octanol–water partition coefficient (Wildman–Crippen LogP) is 0.852. The molecule has 10 heavy (non-hydrogen) atoms. The Morgan fingerprint density at radius 2 is 2.10 bits per heavy atom. The third-order valence-corrected chi connectivity index (χ3v) is 1.63. The maximum Gasteiger partial charge on any atom is 0.164 e. The van der Waals surface area contributed by atoms with E-state index in [1.54, 1.807) is 0 Å². The fourth-order valence-corrected chi connectivity index (χ4v) is 0.825. The zero-order valence-corrected chi connectivity index (χ0v) is 7.11. The second kappa shape index (κ2) is 5.27. The van der Waals surface area contributed by atoms with Gasteiger partial charge < -0.3 is 5.21 Å². The molecule has 0 spiro atoms. The van der Waals surface area contributed by atoms with Gasteiger partial charge in [0.1, 0.15) is 0 Å². The Balaban J connectivity index is 3.63. The van der Waals surface area contributed by atoms with Gasteiger partial charge in [0, 0.05) is 12.3 Å². The molecule has 0 amide bonds. The largest absolute Gasteiger partial charge is 0.625 e. The first-order valence-electron chi connectivity index (χ1n) is 3.96. The Hall–Kier alpha value is -0.530. The molecule has 0 saturated heterocycles. The summed E-state index contributed by atoms with van der Waals surface area (Å²) in [6.45, 7) is 6.20. The van der Waals surface area contributed by atoms with Gasteiger partial charge in [-0.3, -0.25) is 0 Å². The molecule has 60 valence electrons. The Bertz CT molecular complexity index is 108. The van der Waals surface area contributed by atoms with Crippen molar-refractivity contribution in [1.82, 2.24) is 0 Å². The van der Waals surface area contributed by atoms with Gasteiger partial charge >= 0.3 is 0 Å². The van der Waals surface area contributed by atoms with E-state index in [-0.39, 0.29) is 0 Å². The minimum atomic E-state index is 0.379. The summed E-state index contributed by atoms with van der Waals surface area (Å²) in [5.74, 6) is 0.379. The molecule has 0 heterocycles. The number of rotatable bonds is 4. The third-order valence-electron chi connectivity index (χ3n) is 1.63. The van der Waals surface area contributed by atoms with Crippen LogP contribution >= 0.6 is 0 Å². The van der Waals surface area contributed by atoms with Gasteiger partial charge in [0.05, 0.1) is 0 Å². The highest BCUT2D eigenvalue weighted by molar-refractivity contribution is 5.80. The molecular formula is C8H17NO. The molecule has 0 aliphatic rings. The van der Waals surface area contributed by atoms with Gasteiger partial charge in [0.2, 0.25) is 0 Å². The van der Waals surface area contributed by atoms with Crippen molar-refractivity contribution in [2.24, 2.45) is 5.92 Å². The van der Waals surface area contributed by atoms with E-state index in [0.29, 0.717) is 5.92 Å². The lowest BCUT2D eigenvalue weighted by atomic mass is 10.0. The molecule has 0 aromatic rings. The molecule has 0 saturated carbocycles. The van der Waals surface area contributed by atoms with E-state index >= 15 is 0 Å². The van der Waals surface area contributed by atoms with Gasteiger partial charge in [0.15, 0.2) is 5.71 Å². The van der Waals surface area contributed by atoms with Gasteiger partial charge in [-0.2, -0.15) is 0 Å². The van der Waals surface area contributed by atoms with Crippen molar-refractivity contribution in [2.45, 2.75) is 40.0 Å². The zero-order valence-electron chi connectivity index (χ0n) is 7.11. The van der Waals surface area contributed by atoms with Crippen molar-refractivity contribution in [3.63, 3.8) is 0 Å². The van der Waals surface area contributed by atoms with Crippen LogP contribution in [0, 0.1) is 11.1 Å². The van der Waals surface area contributed by atoms with Gasteiger partial charge in [-0.25, -0.2) is 5.16 Å². The van der Waals surface area contributed by atoms with Crippen molar-refractivity contribution in [3.8, 4) is 0 Å². The van der Waals surface area contributed by atoms with Gasteiger partial charge in [0.25, 0.3) is 0 Å². The van der Waals surface area contributed by atoms with Gasteiger partial charge in [-0.1, -0.05) is 27.2 Å². The number of nitrogens with one attached hydrogen (secondary N) is 1. The summed E-state index contributed by atoms with van der Waals surface area (Å²) in [4.78, 5) is 0. The predicted molar refractivity (Wildman–Crippen MR) is 43.7 cm³/mol. The molecule has 0 atom stereocenters. The quantitative estimate of drug-likeness (QED) is 0.353. The highest BCUT2D eigenvalue weighted by Gasteiger charge is 2.07. The standard InChI is InChI=1S/C8H17NO/c1-4-5-6-8(9-10)7(2)3/h7,9H,4-6H2,1-3H3. The van der Waals surface area contributed by atoms with Crippen LogP contribution in [0.15, 0.2) is 0 Å². The molecule has 0 aliphatic heterocycles. The fourth-order valence-electron chi connectivity index (χ4n) is 0.825. The first kappa shape index (κ1) is 9.47. The molecule has 1 N–H and O–H groups in total. The van der Waals surface area contributed by atoms with E-state index in [0.717, 1.165) is 25.0 Å². The average Bonchev–Trinajstić information content (AvgIpc) is 1.89. The van der Waals surface area contributed by atoms with Gasteiger partial charge in [-0.05, 0) is 6.42 Å². The molecule has 0 fully saturated rings. The zero-order chi connectivity index (χ0) is 7.98. The van der Waals surface area contributed by atoms with Crippen molar-refractivity contribution < 1.29 is 5.16 Å². The fraction of sp³-hybridized carbons (Fsp3) is 0.875. The molecule has 2 nitrogen and oxygen atoms in total. The van der Waals surface area contributed by atoms with Crippen LogP contribution in [0.2, 0.25) is 0 Å². The van der Waals surface area contributed by atoms with Crippen LogP contribution in [-0.2, 0) is 0 Å². The van der Waals surface area contributed by atoms with Crippen LogP contribution < -0.4 is 5.16 Å². The lowest BCUT2D eigenvalue weighted by molar-refractivity contribution is -0.378. The summed E-state index contributed by atoms with van der Waals surface area (Å²) in [6.07, 6.45) is 3.19. The van der Waals surface area contributed by atoms with E-state index in [1.807, 2.05) is 19.0 Å². The van der Waals surface area contributed by atoms with Crippen molar-refractivity contribution in [2.75, 3.05) is 0 Å². The van der Waals surface area contributed by atoms with Crippen LogP contribution in [0.4, 0.5) is 0 Å². The number of unbranched alkanes of at least 4 members (excludes halogenated alkanes) is 1. The third kappa shape index (κ3) is 3.49. The Morgan fingerprint density at radius 1 is 1.50 bits per heavy atom. The lowest BCUT2D eigenvalue weighted by Gasteiger charge is -2.03. The van der Waals surface area contributed by atoms with Crippen molar-refractivity contribution in [3.05, 3.63) is 5.21 Å². The first-order valence-corrected chi connectivity index (χ1v) is 3.96. The molecule has 0 rings (SSSR count). The van der Waals surface area contributed by atoms with E-state index in [1.165, 1.54) is 0 Å². The topological polar surface area (TPSA) is 37.0 Å². The molecule has 0 aromatic heterocycles. The van der Waals surface area contributed by atoms with Crippen LogP contribution in [0.1, 0.15) is 40.0 Å². The van der Waals surface area contributed by atoms with Gasteiger partial charge in [-0.15, -0.1) is 0 Å². The molecule has 2 heteroatoms. The first-order chi connectivity index (χ1) is 4.72. The maximum absolute atomic E-state index is 10.3. The van der Waals surface area contributed by atoms with Crippen LogP contribution in [0.3, 0.4) is 0 Å². The van der Waals surface area contributed by atoms with Crippen LogP contribution in [0.25, 0.3) is 0 Å². The Kier molecular flexibility index (Phi) is 4.99. The van der Waals surface area contributed by atoms with Crippen molar-refractivity contribution in [1.29, 1.82) is 0 Å². The monoisotopic (exact) mass is 143 g/mol. The summed E-state index contributed by atoms with van der Waals surface area (Å²) in [5.41, 5.74) is 0.932. The highest BCUT2D eigenvalue weighted by atomic mass is 16.4. The van der Waals surface area contributed by atoms with Crippen LogP contribution in [0.5, 0.6) is 0 Å². The maximum atomic E-state index is 10.3. The molecule has 0 bridgehead atoms. The summed E-state index contributed by atoms with van der Waals surface area (Å²) < 4.78 is 0. The second-order valence-corrected chi connectivity index (χ2v) is 2.89. The van der Waals surface area contributed by atoms with Crippen molar-refractivity contribution >= 4 is 5.71 Å². The van der Waals surface area contributed by atoms with E-state index in [4.69, 9.17) is 0 Å². The Labute approximate surface area is 62.9 Å². The van der Waals surface area contributed by atoms with E-state index in [9.17, 15) is 5.21 Å². The van der Waals surface area contributed by atoms with E-state index < -0.39 is 0 Å². The molecule has 0 aromatic carbocycles. The summed E-state index contributed by atoms with van der Waals surface area (Å²) in [6, 6.07) is 0. The second-order valence-electron chi connectivity index (χ2n) is 2.89. The molecule has 0 radical (unpaired) electrons. The average molecular weight is 143 g/mol. The molecule has 0 unspecified atom stereocenters. The number of hydrogen-bond donors (Lipinski definition) is 1. The SMILES string of the molecule is CCCCC(=[NH+][O-])C(C)C.